The Labute approximate surface area is 101 Å². The first-order valence-corrected chi connectivity index (χ1v) is 5.71. The first-order chi connectivity index (χ1) is 7.59. The fourth-order valence-electron chi connectivity index (χ4n) is 1.59. The number of hydrogen-bond donors (Lipinski definition) is 0. The predicted molar refractivity (Wildman–Crippen MR) is 68.8 cm³/mol. The standard InChI is InChI=1S/C13H15ClN2/c1-9(2)10(3)8-16-12-7-5-4-6-11(12)15-13(16)14/h4-7H,8H2,1-3H3. The van der Waals surface area contributed by atoms with Gasteiger partial charge < -0.3 is 4.57 Å². The molecule has 16 heavy (non-hydrogen) atoms. The van der Waals surface area contributed by atoms with Crippen LogP contribution in [0.25, 0.3) is 11.0 Å². The molecule has 0 radical (unpaired) electrons. The van der Waals surface area contributed by atoms with Crippen LogP contribution in [0.3, 0.4) is 0 Å². The number of allylic oxidation sites excluding steroid dienone is 2. The maximum atomic E-state index is 6.15. The summed E-state index contributed by atoms with van der Waals surface area (Å²) < 4.78 is 2.04. The Kier molecular flexibility index (Phi) is 3.01. The van der Waals surface area contributed by atoms with Crippen molar-refractivity contribution in [1.29, 1.82) is 0 Å². The van der Waals surface area contributed by atoms with Gasteiger partial charge in [0.2, 0.25) is 5.28 Å². The van der Waals surface area contributed by atoms with Gasteiger partial charge in [0.25, 0.3) is 0 Å². The average Bonchev–Trinajstić information content (AvgIpc) is 2.55. The lowest BCUT2D eigenvalue weighted by molar-refractivity contribution is 0.799. The van der Waals surface area contributed by atoms with E-state index in [0.717, 1.165) is 17.6 Å². The minimum Gasteiger partial charge on any atom is -0.310 e. The van der Waals surface area contributed by atoms with Crippen molar-refractivity contribution in [3.05, 3.63) is 40.7 Å². The van der Waals surface area contributed by atoms with Crippen molar-refractivity contribution >= 4 is 22.6 Å². The normalized spacial score (nSPS) is 10.8. The van der Waals surface area contributed by atoms with Crippen molar-refractivity contribution in [2.45, 2.75) is 27.3 Å². The van der Waals surface area contributed by atoms with E-state index in [0.29, 0.717) is 5.28 Å². The Balaban J connectivity index is 2.52. The summed E-state index contributed by atoms with van der Waals surface area (Å²) in [6.45, 7) is 7.16. The van der Waals surface area contributed by atoms with Gasteiger partial charge in [-0.2, -0.15) is 0 Å². The van der Waals surface area contributed by atoms with Gasteiger partial charge in [-0.25, -0.2) is 4.98 Å². The number of aromatic nitrogens is 2. The lowest BCUT2D eigenvalue weighted by atomic mass is 10.2. The fourth-order valence-corrected chi connectivity index (χ4v) is 1.83. The zero-order valence-corrected chi connectivity index (χ0v) is 10.5. The third kappa shape index (κ3) is 1.98. The molecular formula is C13H15ClN2. The zero-order chi connectivity index (χ0) is 11.7. The maximum absolute atomic E-state index is 6.15. The van der Waals surface area contributed by atoms with Crippen LogP contribution in [0.1, 0.15) is 20.8 Å². The smallest absolute Gasteiger partial charge is 0.204 e. The van der Waals surface area contributed by atoms with E-state index in [9.17, 15) is 0 Å². The highest BCUT2D eigenvalue weighted by atomic mass is 35.5. The van der Waals surface area contributed by atoms with Gasteiger partial charge in [-0.1, -0.05) is 23.3 Å². The number of nitrogens with zero attached hydrogens (tertiary/aromatic N) is 2. The van der Waals surface area contributed by atoms with E-state index in [1.54, 1.807) is 0 Å². The van der Waals surface area contributed by atoms with Crippen LogP contribution in [0.4, 0.5) is 0 Å². The molecule has 0 bridgehead atoms. The molecule has 1 heterocycles. The van der Waals surface area contributed by atoms with Crippen molar-refractivity contribution in [2.24, 2.45) is 0 Å². The average molecular weight is 235 g/mol. The van der Waals surface area contributed by atoms with E-state index >= 15 is 0 Å². The number of benzene rings is 1. The number of halogens is 1. The molecule has 2 aromatic rings. The van der Waals surface area contributed by atoms with Crippen molar-refractivity contribution in [1.82, 2.24) is 9.55 Å². The van der Waals surface area contributed by atoms with Crippen LogP contribution in [0.15, 0.2) is 35.4 Å². The van der Waals surface area contributed by atoms with Crippen LogP contribution in [-0.4, -0.2) is 9.55 Å². The molecule has 1 aromatic heterocycles. The summed E-state index contributed by atoms with van der Waals surface area (Å²) in [6, 6.07) is 8.01. The summed E-state index contributed by atoms with van der Waals surface area (Å²) in [6.07, 6.45) is 0. The molecule has 0 saturated carbocycles. The third-order valence-corrected chi connectivity index (χ3v) is 3.15. The molecule has 0 aliphatic carbocycles. The largest absolute Gasteiger partial charge is 0.310 e. The molecule has 0 fully saturated rings. The molecule has 0 amide bonds. The third-order valence-electron chi connectivity index (χ3n) is 2.86. The monoisotopic (exact) mass is 234 g/mol. The Morgan fingerprint density at radius 1 is 1.25 bits per heavy atom. The van der Waals surface area contributed by atoms with Crippen molar-refractivity contribution in [3.8, 4) is 0 Å². The van der Waals surface area contributed by atoms with Gasteiger partial charge in [0.15, 0.2) is 0 Å². The molecule has 0 aliphatic heterocycles. The van der Waals surface area contributed by atoms with E-state index in [2.05, 4.69) is 25.8 Å². The van der Waals surface area contributed by atoms with E-state index in [-0.39, 0.29) is 0 Å². The SMILES string of the molecule is CC(C)=C(C)Cn1c(Cl)nc2ccccc21. The van der Waals surface area contributed by atoms with Crippen molar-refractivity contribution in [2.75, 3.05) is 0 Å². The van der Waals surface area contributed by atoms with Crippen LogP contribution in [-0.2, 0) is 6.54 Å². The second kappa shape index (κ2) is 4.30. The molecule has 0 saturated heterocycles. The second-order valence-corrected chi connectivity index (χ2v) is 4.57. The van der Waals surface area contributed by atoms with E-state index < -0.39 is 0 Å². The molecule has 1 aromatic carbocycles. The summed E-state index contributed by atoms with van der Waals surface area (Å²) in [5.74, 6) is 0. The highest BCUT2D eigenvalue weighted by molar-refractivity contribution is 6.29. The molecule has 0 spiro atoms. The summed E-state index contributed by atoms with van der Waals surface area (Å²) in [7, 11) is 0. The number of rotatable bonds is 2. The Morgan fingerprint density at radius 2 is 1.94 bits per heavy atom. The highest BCUT2D eigenvalue weighted by Gasteiger charge is 2.08. The second-order valence-electron chi connectivity index (χ2n) is 4.24. The van der Waals surface area contributed by atoms with Crippen LogP contribution < -0.4 is 0 Å². The molecule has 84 valence electrons. The molecular weight excluding hydrogens is 220 g/mol. The topological polar surface area (TPSA) is 17.8 Å². The van der Waals surface area contributed by atoms with E-state index in [1.807, 2.05) is 28.8 Å². The number of imidazole rings is 1. The predicted octanol–water partition coefficient (Wildman–Crippen LogP) is 4.05. The quantitative estimate of drug-likeness (QED) is 0.717. The van der Waals surface area contributed by atoms with Crippen LogP contribution in [0.5, 0.6) is 0 Å². The zero-order valence-electron chi connectivity index (χ0n) is 9.79. The Morgan fingerprint density at radius 3 is 2.62 bits per heavy atom. The number of hydrogen-bond acceptors (Lipinski definition) is 1. The van der Waals surface area contributed by atoms with Crippen molar-refractivity contribution in [3.63, 3.8) is 0 Å². The first kappa shape index (κ1) is 11.2. The minimum absolute atomic E-state index is 0.557. The lowest BCUT2D eigenvalue weighted by Crippen LogP contribution is -2.00. The summed E-state index contributed by atoms with van der Waals surface area (Å²) in [4.78, 5) is 4.33. The van der Waals surface area contributed by atoms with Crippen LogP contribution >= 0.6 is 11.6 Å². The molecule has 2 nitrogen and oxygen atoms in total. The molecule has 0 atom stereocenters. The van der Waals surface area contributed by atoms with Gasteiger partial charge in [-0.15, -0.1) is 0 Å². The fraction of sp³-hybridized carbons (Fsp3) is 0.308. The maximum Gasteiger partial charge on any atom is 0.204 e. The Hall–Kier alpha value is -1.28. The van der Waals surface area contributed by atoms with Gasteiger partial charge in [-0.3, -0.25) is 0 Å². The summed E-state index contributed by atoms with van der Waals surface area (Å²) in [5.41, 5.74) is 4.70. The lowest BCUT2D eigenvalue weighted by Gasteiger charge is -2.07. The van der Waals surface area contributed by atoms with E-state index in [4.69, 9.17) is 11.6 Å². The van der Waals surface area contributed by atoms with E-state index in [1.165, 1.54) is 11.1 Å². The number of fused-ring (bicyclic) bond motifs is 1. The van der Waals surface area contributed by atoms with Crippen LogP contribution in [0, 0.1) is 0 Å². The van der Waals surface area contributed by atoms with Crippen LogP contribution in [0.2, 0.25) is 5.28 Å². The molecule has 0 aliphatic rings. The van der Waals surface area contributed by atoms with Gasteiger partial charge in [0.1, 0.15) is 0 Å². The Bertz CT molecular complexity index is 548. The molecule has 0 N–H and O–H groups in total. The molecule has 3 heteroatoms. The number of para-hydroxylation sites is 2. The first-order valence-electron chi connectivity index (χ1n) is 5.33. The van der Waals surface area contributed by atoms with Gasteiger partial charge in [-0.05, 0) is 44.5 Å². The highest BCUT2D eigenvalue weighted by Crippen LogP contribution is 2.21. The van der Waals surface area contributed by atoms with Gasteiger partial charge in [0.05, 0.1) is 11.0 Å². The molecule has 0 unspecified atom stereocenters. The van der Waals surface area contributed by atoms with Gasteiger partial charge in [0, 0.05) is 6.54 Å². The molecule has 2 rings (SSSR count). The minimum atomic E-state index is 0.557. The van der Waals surface area contributed by atoms with Gasteiger partial charge >= 0.3 is 0 Å². The van der Waals surface area contributed by atoms with Crippen molar-refractivity contribution < 1.29 is 0 Å². The summed E-state index contributed by atoms with van der Waals surface area (Å²) in [5, 5.41) is 0.557. The summed E-state index contributed by atoms with van der Waals surface area (Å²) >= 11 is 6.15.